The van der Waals surface area contributed by atoms with Gasteiger partial charge in [-0.1, -0.05) is 40.2 Å². The van der Waals surface area contributed by atoms with Crippen LogP contribution in [0.25, 0.3) is 0 Å². The molecule has 4 nitrogen and oxygen atoms in total. The Hall–Kier alpha value is -2.01. The molecule has 0 aliphatic heterocycles. The Labute approximate surface area is 131 Å². The van der Waals surface area contributed by atoms with E-state index in [0.29, 0.717) is 6.54 Å². The van der Waals surface area contributed by atoms with Crippen molar-refractivity contribution in [1.29, 1.82) is 0 Å². The highest BCUT2D eigenvalue weighted by atomic mass is 79.9. The van der Waals surface area contributed by atoms with Crippen molar-refractivity contribution < 1.29 is 14.6 Å². The Kier molecular flexibility index (Phi) is 5.22. The second-order valence-corrected chi connectivity index (χ2v) is 5.54. The lowest BCUT2D eigenvalue weighted by Crippen LogP contribution is -2.02. The van der Waals surface area contributed by atoms with Gasteiger partial charge in [-0.05, 0) is 23.3 Å². The van der Waals surface area contributed by atoms with Crippen LogP contribution in [0.5, 0.6) is 5.75 Å². The molecule has 0 bridgehead atoms. The molecule has 0 saturated heterocycles. The summed E-state index contributed by atoms with van der Waals surface area (Å²) in [5.41, 5.74) is 2.84. The van der Waals surface area contributed by atoms with E-state index in [1.54, 1.807) is 7.11 Å². The van der Waals surface area contributed by atoms with Gasteiger partial charge in [-0.2, -0.15) is 0 Å². The van der Waals surface area contributed by atoms with Crippen LogP contribution >= 0.6 is 15.9 Å². The topological polar surface area (TPSA) is 58.6 Å². The van der Waals surface area contributed by atoms with Crippen LogP contribution in [0.2, 0.25) is 0 Å². The maximum atomic E-state index is 10.6. The lowest BCUT2D eigenvalue weighted by molar-refractivity contribution is -0.136. The van der Waals surface area contributed by atoms with Gasteiger partial charge < -0.3 is 15.2 Å². The van der Waals surface area contributed by atoms with Crippen LogP contribution in [0, 0.1) is 0 Å². The fourth-order valence-corrected chi connectivity index (χ4v) is 2.41. The van der Waals surface area contributed by atoms with E-state index in [1.165, 1.54) is 0 Å². The largest absolute Gasteiger partial charge is 0.497 e. The zero-order valence-corrected chi connectivity index (χ0v) is 13.2. The van der Waals surface area contributed by atoms with Crippen LogP contribution in [-0.4, -0.2) is 18.2 Å². The van der Waals surface area contributed by atoms with E-state index in [9.17, 15) is 4.79 Å². The zero-order valence-electron chi connectivity index (χ0n) is 11.6. The first-order valence-electron chi connectivity index (χ1n) is 6.45. The van der Waals surface area contributed by atoms with Gasteiger partial charge in [0.15, 0.2) is 0 Å². The van der Waals surface area contributed by atoms with Crippen molar-refractivity contribution in [3.8, 4) is 5.75 Å². The highest BCUT2D eigenvalue weighted by molar-refractivity contribution is 9.10. The molecule has 2 N–H and O–H groups in total. The average molecular weight is 350 g/mol. The molecule has 5 heteroatoms. The van der Waals surface area contributed by atoms with E-state index in [-0.39, 0.29) is 6.42 Å². The van der Waals surface area contributed by atoms with E-state index in [1.807, 2.05) is 42.5 Å². The molecule has 0 heterocycles. The zero-order chi connectivity index (χ0) is 15.2. The molecule has 0 atom stereocenters. The standard InChI is InChI=1S/C16H16BrNO3/c1-21-15-8-13(17)7-14(9-15)18-10-12-4-2-11(3-5-12)6-16(19)20/h2-5,7-9,18H,6,10H2,1H3,(H,19,20). The summed E-state index contributed by atoms with van der Waals surface area (Å²) in [5, 5.41) is 12.0. The lowest BCUT2D eigenvalue weighted by atomic mass is 10.1. The molecule has 0 aliphatic rings. The maximum Gasteiger partial charge on any atom is 0.307 e. The number of nitrogens with one attached hydrogen (secondary N) is 1. The summed E-state index contributed by atoms with van der Waals surface area (Å²) in [7, 11) is 1.63. The molecule has 0 spiro atoms. The van der Waals surface area contributed by atoms with Crippen molar-refractivity contribution in [3.63, 3.8) is 0 Å². The van der Waals surface area contributed by atoms with Crippen LogP contribution in [0.4, 0.5) is 5.69 Å². The SMILES string of the molecule is COc1cc(Br)cc(NCc2ccc(CC(=O)O)cc2)c1. The maximum absolute atomic E-state index is 10.6. The van der Waals surface area contributed by atoms with Crippen molar-refractivity contribution >= 4 is 27.6 Å². The molecular formula is C16H16BrNO3. The predicted octanol–water partition coefficient (Wildman–Crippen LogP) is 3.70. The van der Waals surface area contributed by atoms with Crippen LogP contribution < -0.4 is 10.1 Å². The summed E-state index contributed by atoms with van der Waals surface area (Å²) >= 11 is 3.44. The van der Waals surface area contributed by atoms with Crippen molar-refractivity contribution in [2.45, 2.75) is 13.0 Å². The van der Waals surface area contributed by atoms with Crippen LogP contribution in [0.3, 0.4) is 0 Å². The number of hydrogen-bond donors (Lipinski definition) is 2. The molecule has 0 aliphatic carbocycles. The van der Waals surface area contributed by atoms with E-state index >= 15 is 0 Å². The second kappa shape index (κ2) is 7.13. The highest BCUT2D eigenvalue weighted by Gasteiger charge is 2.02. The number of benzene rings is 2. The fraction of sp³-hybridized carbons (Fsp3) is 0.188. The van der Waals surface area contributed by atoms with E-state index in [4.69, 9.17) is 9.84 Å². The molecule has 0 unspecified atom stereocenters. The number of rotatable bonds is 6. The molecule has 2 aromatic carbocycles. The molecule has 0 radical (unpaired) electrons. The van der Waals surface area contributed by atoms with Gasteiger partial charge >= 0.3 is 5.97 Å². The molecule has 0 fully saturated rings. The van der Waals surface area contributed by atoms with Crippen LogP contribution in [-0.2, 0) is 17.8 Å². The predicted molar refractivity (Wildman–Crippen MR) is 85.8 cm³/mol. The monoisotopic (exact) mass is 349 g/mol. The smallest absolute Gasteiger partial charge is 0.307 e. The van der Waals surface area contributed by atoms with Crippen molar-refractivity contribution in [2.75, 3.05) is 12.4 Å². The van der Waals surface area contributed by atoms with Crippen LogP contribution in [0.1, 0.15) is 11.1 Å². The molecule has 0 amide bonds. The summed E-state index contributed by atoms with van der Waals surface area (Å²) in [4.78, 5) is 10.6. The number of carboxylic acid groups (broad SMARTS) is 1. The number of carbonyl (C=O) groups is 1. The van der Waals surface area contributed by atoms with Crippen molar-refractivity contribution in [3.05, 3.63) is 58.1 Å². The molecule has 0 aromatic heterocycles. The van der Waals surface area contributed by atoms with Gasteiger partial charge in [-0.3, -0.25) is 4.79 Å². The number of ether oxygens (including phenoxy) is 1. The van der Waals surface area contributed by atoms with Gasteiger partial charge in [-0.25, -0.2) is 0 Å². The first kappa shape index (κ1) is 15.4. The molecule has 0 saturated carbocycles. The minimum absolute atomic E-state index is 0.0521. The fourth-order valence-electron chi connectivity index (χ4n) is 1.94. The minimum Gasteiger partial charge on any atom is -0.497 e. The number of carboxylic acids is 1. The lowest BCUT2D eigenvalue weighted by Gasteiger charge is -2.09. The quantitative estimate of drug-likeness (QED) is 0.834. The first-order chi connectivity index (χ1) is 10.1. The Morgan fingerprint density at radius 3 is 2.48 bits per heavy atom. The van der Waals surface area contributed by atoms with Gasteiger partial charge in [0, 0.05) is 22.8 Å². The first-order valence-corrected chi connectivity index (χ1v) is 7.24. The summed E-state index contributed by atoms with van der Waals surface area (Å²) in [6.07, 6.45) is 0.0521. The van der Waals surface area contributed by atoms with E-state index < -0.39 is 5.97 Å². The second-order valence-electron chi connectivity index (χ2n) is 4.62. The Balaban J connectivity index is 1.99. The minimum atomic E-state index is -0.817. The molecule has 2 aromatic rings. The third kappa shape index (κ3) is 4.79. The highest BCUT2D eigenvalue weighted by Crippen LogP contribution is 2.24. The molecule has 2 rings (SSSR count). The van der Waals surface area contributed by atoms with E-state index in [0.717, 1.165) is 27.0 Å². The Bertz CT molecular complexity index is 626. The summed E-state index contributed by atoms with van der Waals surface area (Å²) < 4.78 is 6.16. The number of halogens is 1. The number of anilines is 1. The Morgan fingerprint density at radius 1 is 1.19 bits per heavy atom. The van der Waals surface area contributed by atoms with Gasteiger partial charge in [0.05, 0.1) is 13.5 Å². The van der Waals surface area contributed by atoms with Gasteiger partial charge in [0.25, 0.3) is 0 Å². The average Bonchev–Trinajstić information content (AvgIpc) is 2.45. The van der Waals surface area contributed by atoms with Crippen molar-refractivity contribution in [2.24, 2.45) is 0 Å². The van der Waals surface area contributed by atoms with Gasteiger partial charge in [0.1, 0.15) is 5.75 Å². The molecule has 21 heavy (non-hydrogen) atoms. The van der Waals surface area contributed by atoms with E-state index in [2.05, 4.69) is 21.2 Å². The van der Waals surface area contributed by atoms with Gasteiger partial charge in [0.2, 0.25) is 0 Å². The third-order valence-corrected chi connectivity index (χ3v) is 3.44. The summed E-state index contributed by atoms with van der Waals surface area (Å²) in [5.74, 6) is -0.0363. The van der Waals surface area contributed by atoms with Crippen molar-refractivity contribution in [1.82, 2.24) is 0 Å². The van der Waals surface area contributed by atoms with Crippen LogP contribution in [0.15, 0.2) is 46.9 Å². The van der Waals surface area contributed by atoms with Gasteiger partial charge in [-0.15, -0.1) is 0 Å². The number of hydrogen-bond acceptors (Lipinski definition) is 3. The normalized spacial score (nSPS) is 10.2. The summed E-state index contributed by atoms with van der Waals surface area (Å²) in [6, 6.07) is 13.3. The summed E-state index contributed by atoms with van der Waals surface area (Å²) in [6.45, 7) is 0.660. The third-order valence-electron chi connectivity index (χ3n) is 2.98. The number of methoxy groups -OCH3 is 1. The number of aliphatic carboxylic acids is 1. The molecular weight excluding hydrogens is 334 g/mol. The molecule has 110 valence electrons. The Morgan fingerprint density at radius 2 is 1.86 bits per heavy atom.